The van der Waals surface area contributed by atoms with Crippen LogP contribution in [0.5, 0.6) is 5.75 Å². The van der Waals surface area contributed by atoms with Crippen molar-refractivity contribution in [1.82, 2.24) is 9.88 Å². The third kappa shape index (κ3) is 4.41. The van der Waals surface area contributed by atoms with Crippen LogP contribution >= 0.6 is 0 Å². The summed E-state index contributed by atoms with van der Waals surface area (Å²) in [5.74, 6) is 0.163. The van der Waals surface area contributed by atoms with E-state index in [1.54, 1.807) is 32.7 Å². The van der Waals surface area contributed by atoms with E-state index in [0.29, 0.717) is 42.3 Å². The van der Waals surface area contributed by atoms with Gasteiger partial charge in [0.05, 0.1) is 18.7 Å². The van der Waals surface area contributed by atoms with Gasteiger partial charge in [-0.3, -0.25) is 4.79 Å². The Morgan fingerprint density at radius 2 is 1.84 bits per heavy atom. The van der Waals surface area contributed by atoms with E-state index in [2.05, 4.69) is 4.98 Å². The number of carbonyl (C=O) groups excluding carboxylic acids is 2. The Hall–Kier alpha value is -2.76. The fraction of sp³-hybridized carbons (Fsp3) is 0.368. The maximum absolute atomic E-state index is 12.6. The molecule has 2 aromatic rings. The number of amides is 1. The fourth-order valence-electron chi connectivity index (χ4n) is 2.58. The molecule has 1 aromatic carbocycles. The van der Waals surface area contributed by atoms with E-state index in [-0.39, 0.29) is 5.91 Å². The number of benzene rings is 1. The number of hydrogen-bond donors (Lipinski definition) is 1. The van der Waals surface area contributed by atoms with Crippen LogP contribution in [0.1, 0.15) is 39.0 Å². The SMILES string of the molecule is CCOC(=O)c1c(C)[nH]c(C(=O)N(C)CCOc2ccccc2)c1C. The van der Waals surface area contributed by atoms with Crippen LogP contribution in [0.4, 0.5) is 0 Å². The molecule has 1 amide bonds. The lowest BCUT2D eigenvalue weighted by atomic mass is 10.1. The summed E-state index contributed by atoms with van der Waals surface area (Å²) < 4.78 is 10.7. The van der Waals surface area contributed by atoms with Gasteiger partial charge < -0.3 is 19.4 Å². The summed E-state index contributed by atoms with van der Waals surface area (Å²) in [5.41, 5.74) is 2.08. The molecule has 0 atom stereocenters. The number of esters is 1. The predicted octanol–water partition coefficient (Wildman–Crippen LogP) is 2.96. The third-order valence-electron chi connectivity index (χ3n) is 3.92. The second kappa shape index (κ2) is 8.37. The van der Waals surface area contributed by atoms with Crippen molar-refractivity contribution in [1.29, 1.82) is 0 Å². The molecule has 0 fully saturated rings. The van der Waals surface area contributed by atoms with Crippen LogP contribution in [0.2, 0.25) is 0 Å². The number of carbonyl (C=O) groups is 2. The van der Waals surface area contributed by atoms with E-state index in [1.807, 2.05) is 30.3 Å². The van der Waals surface area contributed by atoms with Gasteiger partial charge in [-0.25, -0.2) is 4.79 Å². The Kier molecular flexibility index (Phi) is 6.22. The van der Waals surface area contributed by atoms with Crippen molar-refractivity contribution in [2.45, 2.75) is 20.8 Å². The van der Waals surface area contributed by atoms with Crippen molar-refractivity contribution >= 4 is 11.9 Å². The molecule has 0 aliphatic heterocycles. The van der Waals surface area contributed by atoms with Gasteiger partial charge >= 0.3 is 5.97 Å². The predicted molar refractivity (Wildman–Crippen MR) is 95.1 cm³/mol. The zero-order chi connectivity index (χ0) is 18.4. The van der Waals surface area contributed by atoms with Gasteiger partial charge in [-0.05, 0) is 38.5 Å². The van der Waals surface area contributed by atoms with Crippen LogP contribution in [0.25, 0.3) is 0 Å². The summed E-state index contributed by atoms with van der Waals surface area (Å²) in [6.45, 7) is 6.37. The van der Waals surface area contributed by atoms with Gasteiger partial charge in [0.25, 0.3) is 5.91 Å². The van der Waals surface area contributed by atoms with Crippen molar-refractivity contribution in [2.75, 3.05) is 26.8 Å². The third-order valence-corrected chi connectivity index (χ3v) is 3.92. The van der Waals surface area contributed by atoms with Crippen LogP contribution in [0.3, 0.4) is 0 Å². The summed E-state index contributed by atoms with van der Waals surface area (Å²) in [5, 5.41) is 0. The topological polar surface area (TPSA) is 71.6 Å². The Morgan fingerprint density at radius 1 is 1.16 bits per heavy atom. The smallest absolute Gasteiger partial charge is 0.340 e. The normalized spacial score (nSPS) is 10.4. The fourth-order valence-corrected chi connectivity index (χ4v) is 2.58. The molecule has 0 aliphatic rings. The number of nitrogens with one attached hydrogen (secondary N) is 1. The first-order valence-corrected chi connectivity index (χ1v) is 8.25. The molecule has 0 spiro atoms. The second-order valence-electron chi connectivity index (χ2n) is 5.73. The van der Waals surface area contributed by atoms with Crippen LogP contribution in [0, 0.1) is 13.8 Å². The number of nitrogens with zero attached hydrogens (tertiary/aromatic N) is 1. The second-order valence-corrected chi connectivity index (χ2v) is 5.73. The molecular formula is C19H24N2O4. The maximum atomic E-state index is 12.6. The minimum atomic E-state index is -0.414. The zero-order valence-electron chi connectivity index (χ0n) is 15.1. The minimum Gasteiger partial charge on any atom is -0.492 e. The number of aryl methyl sites for hydroxylation is 1. The molecule has 25 heavy (non-hydrogen) atoms. The van der Waals surface area contributed by atoms with Crippen LogP contribution < -0.4 is 4.74 Å². The first-order chi connectivity index (χ1) is 12.0. The number of likely N-dealkylation sites (N-methyl/N-ethyl adjacent to an activating group) is 1. The van der Waals surface area contributed by atoms with Gasteiger partial charge in [0.1, 0.15) is 18.1 Å². The molecule has 1 N–H and O–H groups in total. The molecule has 0 aliphatic carbocycles. The molecule has 1 aromatic heterocycles. The van der Waals surface area contributed by atoms with Crippen molar-refractivity contribution in [2.24, 2.45) is 0 Å². The summed E-state index contributed by atoms with van der Waals surface area (Å²) in [7, 11) is 1.70. The average Bonchev–Trinajstić information content (AvgIpc) is 2.89. The molecular weight excluding hydrogens is 320 g/mol. The maximum Gasteiger partial charge on any atom is 0.340 e. The quantitative estimate of drug-likeness (QED) is 0.784. The number of H-pyrrole nitrogens is 1. The summed E-state index contributed by atoms with van der Waals surface area (Å²) in [6.07, 6.45) is 0. The van der Waals surface area contributed by atoms with E-state index in [4.69, 9.17) is 9.47 Å². The average molecular weight is 344 g/mol. The highest BCUT2D eigenvalue weighted by Gasteiger charge is 2.24. The van der Waals surface area contributed by atoms with Crippen molar-refractivity contribution in [3.63, 3.8) is 0 Å². The van der Waals surface area contributed by atoms with Crippen molar-refractivity contribution in [3.8, 4) is 5.75 Å². The van der Waals surface area contributed by atoms with Gasteiger partial charge in [0.15, 0.2) is 0 Å². The first kappa shape index (κ1) is 18.6. The van der Waals surface area contributed by atoms with E-state index in [1.165, 1.54) is 0 Å². The lowest BCUT2D eigenvalue weighted by Gasteiger charge is -2.17. The Balaban J connectivity index is 2.02. The molecule has 0 saturated heterocycles. The van der Waals surface area contributed by atoms with Gasteiger partial charge in [-0.2, -0.15) is 0 Å². The summed E-state index contributed by atoms with van der Waals surface area (Å²) in [4.78, 5) is 29.2. The van der Waals surface area contributed by atoms with Gasteiger partial charge in [0.2, 0.25) is 0 Å². The molecule has 2 rings (SSSR count). The Morgan fingerprint density at radius 3 is 2.48 bits per heavy atom. The van der Waals surface area contributed by atoms with Crippen molar-refractivity contribution in [3.05, 3.63) is 52.8 Å². The molecule has 1 heterocycles. The van der Waals surface area contributed by atoms with Gasteiger partial charge in [-0.1, -0.05) is 18.2 Å². The van der Waals surface area contributed by atoms with Gasteiger partial charge in [0, 0.05) is 12.7 Å². The standard InChI is InChI=1S/C19H24N2O4/c1-5-24-19(23)16-13(2)17(20-14(16)3)18(22)21(4)11-12-25-15-9-7-6-8-10-15/h6-10,20H,5,11-12H2,1-4H3. The number of para-hydroxylation sites is 1. The summed E-state index contributed by atoms with van der Waals surface area (Å²) >= 11 is 0. The number of ether oxygens (including phenoxy) is 2. The molecule has 6 nitrogen and oxygen atoms in total. The van der Waals surface area contributed by atoms with Gasteiger partial charge in [-0.15, -0.1) is 0 Å². The zero-order valence-corrected chi connectivity index (χ0v) is 15.1. The number of rotatable bonds is 7. The Bertz CT molecular complexity index is 737. The molecule has 0 bridgehead atoms. The highest BCUT2D eigenvalue weighted by molar-refractivity contribution is 6.00. The number of aromatic amines is 1. The number of hydrogen-bond acceptors (Lipinski definition) is 4. The van der Waals surface area contributed by atoms with Crippen LogP contribution in [-0.4, -0.2) is 48.6 Å². The van der Waals surface area contributed by atoms with Crippen LogP contribution in [0.15, 0.2) is 30.3 Å². The lowest BCUT2D eigenvalue weighted by molar-refractivity contribution is 0.0525. The van der Waals surface area contributed by atoms with E-state index >= 15 is 0 Å². The molecule has 0 saturated carbocycles. The first-order valence-electron chi connectivity index (χ1n) is 8.25. The highest BCUT2D eigenvalue weighted by Crippen LogP contribution is 2.20. The monoisotopic (exact) mass is 344 g/mol. The highest BCUT2D eigenvalue weighted by atomic mass is 16.5. The Labute approximate surface area is 147 Å². The molecule has 0 radical (unpaired) electrons. The van der Waals surface area contributed by atoms with Crippen LogP contribution in [-0.2, 0) is 4.74 Å². The molecule has 6 heteroatoms. The van der Waals surface area contributed by atoms with Crippen molar-refractivity contribution < 1.29 is 19.1 Å². The largest absolute Gasteiger partial charge is 0.492 e. The molecule has 134 valence electrons. The molecule has 0 unspecified atom stereocenters. The van der Waals surface area contributed by atoms with E-state index < -0.39 is 5.97 Å². The summed E-state index contributed by atoms with van der Waals surface area (Å²) in [6, 6.07) is 9.44. The lowest BCUT2D eigenvalue weighted by Crippen LogP contribution is -2.31. The number of aromatic nitrogens is 1. The van der Waals surface area contributed by atoms with E-state index in [9.17, 15) is 9.59 Å². The van der Waals surface area contributed by atoms with E-state index in [0.717, 1.165) is 5.75 Å². The minimum absolute atomic E-state index is 0.187.